The molecule has 0 saturated carbocycles. The van der Waals surface area contributed by atoms with Crippen molar-refractivity contribution in [3.8, 4) is 17.2 Å². The Hall–Kier alpha value is -3.12. The van der Waals surface area contributed by atoms with E-state index in [9.17, 15) is 0 Å². The molecule has 0 aliphatic rings. The first-order chi connectivity index (χ1) is 13.6. The lowest BCUT2D eigenvalue weighted by Crippen LogP contribution is -2.14. The Kier molecular flexibility index (Phi) is 5.12. The number of hydrogen-bond acceptors (Lipinski definition) is 5. The number of thiazole rings is 1. The maximum absolute atomic E-state index is 6.05. The van der Waals surface area contributed by atoms with Crippen LogP contribution in [0.4, 0.5) is 0 Å². The predicted octanol–water partition coefficient (Wildman–Crippen LogP) is 5.16. The van der Waals surface area contributed by atoms with Crippen molar-refractivity contribution in [3.63, 3.8) is 0 Å². The molecule has 4 rings (SSSR count). The van der Waals surface area contributed by atoms with Gasteiger partial charge < -0.3 is 9.15 Å². The van der Waals surface area contributed by atoms with Crippen molar-refractivity contribution in [2.75, 3.05) is 7.11 Å². The average molecular weight is 391 g/mol. The van der Waals surface area contributed by atoms with Crippen molar-refractivity contribution in [1.82, 2.24) is 4.68 Å². The summed E-state index contributed by atoms with van der Waals surface area (Å²) in [5.41, 5.74) is 2.68. The van der Waals surface area contributed by atoms with Crippen LogP contribution in [0.1, 0.15) is 19.4 Å². The second-order valence-corrected chi connectivity index (χ2v) is 7.44. The molecule has 2 aromatic carbocycles. The Morgan fingerprint density at radius 1 is 1.11 bits per heavy atom. The van der Waals surface area contributed by atoms with Gasteiger partial charge in [-0.3, -0.25) is 4.99 Å². The van der Waals surface area contributed by atoms with Crippen LogP contribution in [0, 0.1) is 0 Å². The van der Waals surface area contributed by atoms with Crippen molar-refractivity contribution < 1.29 is 9.15 Å². The van der Waals surface area contributed by atoms with Gasteiger partial charge in [-0.05, 0) is 43.7 Å². The van der Waals surface area contributed by atoms with Crippen molar-refractivity contribution in [2.45, 2.75) is 19.9 Å². The standard InChI is InChI=1S/C22H21N3O2S/c1-15(2)24-22-25(23-13-16-7-6-9-18(11-16)26-3)19(14-28-22)21-12-17-8-4-5-10-20(17)27-21/h4-15H,1-3H3. The maximum atomic E-state index is 6.05. The normalized spacial score (nSPS) is 12.5. The molecule has 0 bridgehead atoms. The molecule has 0 unspecified atom stereocenters. The first-order valence-electron chi connectivity index (χ1n) is 9.06. The molecule has 2 heterocycles. The second-order valence-electron chi connectivity index (χ2n) is 6.61. The van der Waals surface area contributed by atoms with Crippen LogP contribution in [0.3, 0.4) is 0 Å². The van der Waals surface area contributed by atoms with E-state index in [1.54, 1.807) is 24.7 Å². The molecule has 4 aromatic rings. The lowest BCUT2D eigenvalue weighted by Gasteiger charge is -2.02. The summed E-state index contributed by atoms with van der Waals surface area (Å²) in [7, 11) is 1.66. The highest BCUT2D eigenvalue weighted by Crippen LogP contribution is 2.28. The number of fused-ring (bicyclic) bond motifs is 1. The Morgan fingerprint density at radius 2 is 1.96 bits per heavy atom. The third-order valence-corrected chi connectivity index (χ3v) is 4.98. The highest BCUT2D eigenvalue weighted by Gasteiger charge is 2.13. The van der Waals surface area contributed by atoms with Gasteiger partial charge in [0.2, 0.25) is 4.80 Å². The zero-order chi connectivity index (χ0) is 19.5. The molecule has 0 radical (unpaired) electrons. The molecule has 0 atom stereocenters. The Bertz CT molecular complexity index is 1160. The topological polar surface area (TPSA) is 52.0 Å². The monoisotopic (exact) mass is 391 g/mol. The van der Waals surface area contributed by atoms with Gasteiger partial charge >= 0.3 is 0 Å². The average Bonchev–Trinajstić information content (AvgIpc) is 3.29. The van der Waals surface area contributed by atoms with Crippen molar-refractivity contribution in [3.05, 3.63) is 70.3 Å². The molecular weight excluding hydrogens is 370 g/mol. The molecule has 5 nitrogen and oxygen atoms in total. The van der Waals surface area contributed by atoms with Crippen LogP contribution in [-0.4, -0.2) is 24.0 Å². The van der Waals surface area contributed by atoms with Gasteiger partial charge in [0.15, 0.2) is 5.76 Å². The summed E-state index contributed by atoms with van der Waals surface area (Å²) in [5.74, 6) is 1.56. The molecule has 0 fully saturated rings. The van der Waals surface area contributed by atoms with Crippen LogP contribution in [-0.2, 0) is 0 Å². The number of furan rings is 1. The number of rotatable bonds is 5. The first-order valence-corrected chi connectivity index (χ1v) is 9.94. The summed E-state index contributed by atoms with van der Waals surface area (Å²) in [6, 6.07) is 18.0. The lowest BCUT2D eigenvalue weighted by molar-refractivity contribution is 0.414. The highest BCUT2D eigenvalue weighted by atomic mass is 32.1. The molecule has 0 aliphatic heterocycles. The maximum Gasteiger partial charge on any atom is 0.206 e. The predicted molar refractivity (Wildman–Crippen MR) is 114 cm³/mol. The smallest absolute Gasteiger partial charge is 0.206 e. The van der Waals surface area contributed by atoms with E-state index < -0.39 is 0 Å². The van der Waals surface area contributed by atoms with Crippen LogP contribution in [0.15, 0.2) is 74.5 Å². The third kappa shape index (κ3) is 3.77. The van der Waals surface area contributed by atoms with Crippen molar-refractivity contribution in [1.29, 1.82) is 0 Å². The summed E-state index contributed by atoms with van der Waals surface area (Å²) >= 11 is 1.55. The molecule has 142 valence electrons. The fourth-order valence-electron chi connectivity index (χ4n) is 2.85. The molecule has 0 N–H and O–H groups in total. The summed E-state index contributed by atoms with van der Waals surface area (Å²) in [6.07, 6.45) is 1.81. The number of nitrogens with zero attached hydrogens (tertiary/aromatic N) is 3. The fraction of sp³-hybridized carbons (Fsp3) is 0.182. The number of ether oxygens (including phenoxy) is 1. The number of para-hydroxylation sites is 1. The minimum Gasteiger partial charge on any atom is -0.497 e. The van der Waals surface area contributed by atoms with Gasteiger partial charge in [0, 0.05) is 16.8 Å². The number of aromatic nitrogens is 1. The summed E-state index contributed by atoms with van der Waals surface area (Å²) in [4.78, 5) is 5.53. The van der Waals surface area contributed by atoms with E-state index in [1.165, 1.54) is 0 Å². The van der Waals surface area contributed by atoms with E-state index in [0.717, 1.165) is 38.5 Å². The second kappa shape index (κ2) is 7.86. The minimum absolute atomic E-state index is 0.167. The zero-order valence-corrected chi connectivity index (χ0v) is 16.8. The van der Waals surface area contributed by atoms with Gasteiger partial charge in [-0.15, -0.1) is 11.3 Å². The molecule has 0 aliphatic carbocycles. The molecule has 28 heavy (non-hydrogen) atoms. The summed E-state index contributed by atoms with van der Waals surface area (Å²) in [6.45, 7) is 4.10. The van der Waals surface area contributed by atoms with Gasteiger partial charge in [-0.25, -0.2) is 4.68 Å². The molecular formula is C22H21N3O2S. The van der Waals surface area contributed by atoms with Crippen LogP contribution < -0.4 is 9.54 Å². The first kappa shape index (κ1) is 18.3. The van der Waals surface area contributed by atoms with Crippen LogP contribution in [0.25, 0.3) is 22.4 Å². The van der Waals surface area contributed by atoms with Gasteiger partial charge in [0.25, 0.3) is 0 Å². The number of methoxy groups -OCH3 is 1. The summed E-state index contributed by atoms with van der Waals surface area (Å²) in [5, 5.41) is 7.80. The Labute approximate surface area is 167 Å². The zero-order valence-electron chi connectivity index (χ0n) is 16.0. The largest absolute Gasteiger partial charge is 0.497 e. The quantitative estimate of drug-likeness (QED) is 0.441. The van der Waals surface area contributed by atoms with E-state index in [2.05, 4.69) is 13.8 Å². The minimum atomic E-state index is 0.167. The van der Waals surface area contributed by atoms with E-state index in [-0.39, 0.29) is 6.04 Å². The van der Waals surface area contributed by atoms with E-state index in [1.807, 2.05) is 64.7 Å². The van der Waals surface area contributed by atoms with E-state index in [4.69, 9.17) is 19.2 Å². The SMILES string of the molecule is COc1cccc(C=Nn2c(-c3cc4ccccc4o3)csc2=NC(C)C)c1. The van der Waals surface area contributed by atoms with Gasteiger partial charge in [-0.2, -0.15) is 5.10 Å². The van der Waals surface area contributed by atoms with Gasteiger partial charge in [-0.1, -0.05) is 30.3 Å². The summed E-state index contributed by atoms with van der Waals surface area (Å²) < 4.78 is 13.2. The molecule has 2 aromatic heterocycles. The number of benzene rings is 2. The van der Waals surface area contributed by atoms with Gasteiger partial charge in [0.1, 0.15) is 17.0 Å². The molecule has 0 spiro atoms. The molecule has 0 saturated heterocycles. The Balaban J connectivity index is 1.81. The fourth-order valence-corrected chi connectivity index (χ4v) is 3.80. The number of hydrogen-bond donors (Lipinski definition) is 0. The van der Waals surface area contributed by atoms with Gasteiger partial charge in [0.05, 0.1) is 13.3 Å². The third-order valence-electron chi connectivity index (χ3n) is 4.15. The Morgan fingerprint density at radius 3 is 2.75 bits per heavy atom. The van der Waals surface area contributed by atoms with Crippen LogP contribution in [0.2, 0.25) is 0 Å². The van der Waals surface area contributed by atoms with Crippen molar-refractivity contribution >= 4 is 28.5 Å². The molecule has 0 amide bonds. The van der Waals surface area contributed by atoms with Crippen LogP contribution in [0.5, 0.6) is 5.75 Å². The van der Waals surface area contributed by atoms with E-state index in [0.29, 0.717) is 0 Å². The van der Waals surface area contributed by atoms with Crippen LogP contribution >= 0.6 is 11.3 Å². The van der Waals surface area contributed by atoms with Crippen molar-refractivity contribution in [2.24, 2.45) is 10.1 Å². The lowest BCUT2D eigenvalue weighted by atomic mass is 10.2. The molecule has 6 heteroatoms. The highest BCUT2D eigenvalue weighted by molar-refractivity contribution is 7.07. The van der Waals surface area contributed by atoms with E-state index >= 15 is 0 Å².